The zero-order chi connectivity index (χ0) is 24.9. The van der Waals surface area contributed by atoms with Gasteiger partial charge in [0.05, 0.1) is 26.7 Å². The first-order valence-electron chi connectivity index (χ1n) is 14.2. The van der Waals surface area contributed by atoms with Crippen LogP contribution in [0.25, 0.3) is 0 Å². The predicted octanol–water partition coefficient (Wildman–Crippen LogP) is 7.00. The van der Waals surface area contributed by atoms with Crippen LogP contribution in [0, 0.1) is 0 Å². The molecule has 0 spiro atoms. The van der Waals surface area contributed by atoms with Gasteiger partial charge in [0.15, 0.2) is 0 Å². The van der Waals surface area contributed by atoms with E-state index in [0.717, 1.165) is 62.6 Å². The zero-order valence-electron chi connectivity index (χ0n) is 22.7. The molecule has 0 bridgehead atoms. The monoisotopic (exact) mass is 475 g/mol. The maximum absolute atomic E-state index is 12.1. The highest BCUT2D eigenvalue weighted by Crippen LogP contribution is 2.14. The fourth-order valence-electron chi connectivity index (χ4n) is 4.66. The van der Waals surface area contributed by atoms with Crippen LogP contribution in [-0.2, 0) is 11.3 Å². The number of aliphatic hydroxyl groups is 1. The van der Waals surface area contributed by atoms with Crippen molar-refractivity contribution in [1.29, 1.82) is 0 Å². The second-order valence-corrected chi connectivity index (χ2v) is 10.9. The minimum absolute atomic E-state index is 0.0807. The van der Waals surface area contributed by atoms with Crippen LogP contribution < -0.4 is 5.32 Å². The van der Waals surface area contributed by atoms with E-state index in [-0.39, 0.29) is 12.0 Å². The van der Waals surface area contributed by atoms with E-state index in [9.17, 15) is 9.90 Å². The normalized spacial score (nSPS) is 12.6. The van der Waals surface area contributed by atoms with Gasteiger partial charge in [-0.2, -0.15) is 0 Å². The number of nitrogens with one attached hydrogen (secondary N) is 1. The molecule has 1 rings (SSSR count). The molecule has 2 N–H and O–H groups in total. The van der Waals surface area contributed by atoms with Crippen molar-refractivity contribution in [1.82, 2.24) is 5.32 Å². The summed E-state index contributed by atoms with van der Waals surface area (Å²) in [5.74, 6) is 0.210. The molecule has 0 aliphatic heterocycles. The standard InChI is InChI=1S/C30H54N2O2/c1-4-5-6-16-22-29(33)23-17-11-9-7-8-10-12-18-24-30(34)31-25-19-26-32(2,3)27-28-20-14-13-15-21-28/h13-15,20-21,29,33H,4-12,16-19,22-27H2,1-3H3/p+1. The lowest BCUT2D eigenvalue weighted by atomic mass is 10.0. The molecule has 0 aliphatic rings. The number of aliphatic hydroxyl groups excluding tert-OH is 1. The highest BCUT2D eigenvalue weighted by atomic mass is 16.3. The van der Waals surface area contributed by atoms with Crippen molar-refractivity contribution in [2.45, 2.75) is 122 Å². The van der Waals surface area contributed by atoms with Gasteiger partial charge in [0, 0.05) is 24.9 Å². The van der Waals surface area contributed by atoms with Crippen LogP contribution >= 0.6 is 0 Å². The number of amides is 1. The van der Waals surface area contributed by atoms with E-state index in [1.165, 1.54) is 63.4 Å². The van der Waals surface area contributed by atoms with Crippen LogP contribution in [0.15, 0.2) is 30.3 Å². The van der Waals surface area contributed by atoms with Crippen molar-refractivity contribution in [3.63, 3.8) is 0 Å². The molecule has 196 valence electrons. The van der Waals surface area contributed by atoms with Crippen molar-refractivity contribution < 1.29 is 14.4 Å². The molecule has 1 aromatic carbocycles. The molecule has 1 aromatic rings. The Morgan fingerprint density at radius 3 is 2.00 bits per heavy atom. The van der Waals surface area contributed by atoms with Crippen molar-refractivity contribution in [2.24, 2.45) is 0 Å². The Kier molecular flexibility index (Phi) is 17.9. The molecule has 4 heteroatoms. The van der Waals surface area contributed by atoms with E-state index in [4.69, 9.17) is 0 Å². The van der Waals surface area contributed by atoms with Crippen LogP contribution in [0.1, 0.15) is 115 Å². The topological polar surface area (TPSA) is 49.3 Å². The van der Waals surface area contributed by atoms with Crippen LogP contribution in [0.5, 0.6) is 0 Å². The van der Waals surface area contributed by atoms with E-state index in [1.54, 1.807) is 0 Å². The van der Waals surface area contributed by atoms with Gasteiger partial charge in [0.1, 0.15) is 6.54 Å². The quantitative estimate of drug-likeness (QED) is 0.140. The number of benzene rings is 1. The molecule has 0 saturated carbocycles. The fraction of sp³-hybridized carbons (Fsp3) is 0.767. The van der Waals surface area contributed by atoms with E-state index >= 15 is 0 Å². The second-order valence-electron chi connectivity index (χ2n) is 10.9. The summed E-state index contributed by atoms with van der Waals surface area (Å²) in [7, 11) is 4.52. The molecule has 0 saturated heterocycles. The average Bonchev–Trinajstić information content (AvgIpc) is 2.81. The SMILES string of the molecule is CCCCCCC(O)CCCCCCCCCCC(=O)NCCC[N+](C)(C)Cc1ccccc1. The average molecular weight is 476 g/mol. The summed E-state index contributed by atoms with van der Waals surface area (Å²) >= 11 is 0. The molecule has 0 radical (unpaired) electrons. The summed E-state index contributed by atoms with van der Waals surface area (Å²) in [6.45, 7) is 5.09. The van der Waals surface area contributed by atoms with Gasteiger partial charge in [-0.1, -0.05) is 108 Å². The molecule has 1 atom stereocenters. The summed E-state index contributed by atoms with van der Waals surface area (Å²) < 4.78 is 0.944. The molecule has 0 aromatic heterocycles. The maximum atomic E-state index is 12.1. The van der Waals surface area contributed by atoms with Gasteiger partial charge < -0.3 is 14.9 Å². The van der Waals surface area contributed by atoms with E-state index in [0.29, 0.717) is 6.42 Å². The number of carbonyl (C=O) groups excluding carboxylic acids is 1. The molecule has 1 unspecified atom stereocenters. The lowest BCUT2D eigenvalue weighted by Gasteiger charge is -2.30. The van der Waals surface area contributed by atoms with E-state index in [2.05, 4.69) is 56.7 Å². The molecule has 4 nitrogen and oxygen atoms in total. The number of nitrogens with zero attached hydrogens (tertiary/aromatic N) is 1. The van der Waals surface area contributed by atoms with Crippen molar-refractivity contribution in [3.8, 4) is 0 Å². The van der Waals surface area contributed by atoms with Gasteiger partial charge in [0.2, 0.25) is 5.91 Å². The fourth-order valence-corrected chi connectivity index (χ4v) is 4.66. The first kappa shape index (κ1) is 30.6. The van der Waals surface area contributed by atoms with Gasteiger partial charge in [-0.25, -0.2) is 0 Å². The van der Waals surface area contributed by atoms with Crippen LogP contribution in [-0.4, -0.2) is 48.8 Å². The summed E-state index contributed by atoms with van der Waals surface area (Å²) in [5.41, 5.74) is 1.36. The van der Waals surface area contributed by atoms with E-state index in [1.807, 2.05) is 0 Å². The first-order chi connectivity index (χ1) is 16.4. The molecule has 0 heterocycles. The Morgan fingerprint density at radius 1 is 0.824 bits per heavy atom. The molecule has 0 aliphatic carbocycles. The number of unbranched alkanes of at least 4 members (excludes halogenated alkanes) is 10. The third-order valence-corrected chi connectivity index (χ3v) is 6.80. The Bertz CT molecular complexity index is 603. The molecule has 34 heavy (non-hydrogen) atoms. The Labute approximate surface area is 211 Å². The predicted molar refractivity (Wildman–Crippen MR) is 146 cm³/mol. The number of quaternary nitrogens is 1. The number of carbonyl (C=O) groups is 1. The largest absolute Gasteiger partial charge is 0.393 e. The number of rotatable bonds is 22. The van der Waals surface area contributed by atoms with Crippen molar-refractivity contribution in [2.75, 3.05) is 27.2 Å². The first-order valence-corrected chi connectivity index (χ1v) is 14.2. The second kappa shape index (κ2) is 19.9. The highest BCUT2D eigenvalue weighted by molar-refractivity contribution is 5.75. The molecular formula is C30H55N2O2+. The summed E-state index contributed by atoms with van der Waals surface area (Å²) in [6.07, 6.45) is 18.2. The Balaban J connectivity index is 1.88. The minimum Gasteiger partial charge on any atom is -0.393 e. The molecule has 0 fully saturated rings. The van der Waals surface area contributed by atoms with Crippen molar-refractivity contribution >= 4 is 5.91 Å². The lowest BCUT2D eigenvalue weighted by molar-refractivity contribution is -0.903. The van der Waals surface area contributed by atoms with E-state index < -0.39 is 0 Å². The van der Waals surface area contributed by atoms with Gasteiger partial charge in [-0.15, -0.1) is 0 Å². The number of hydrogen-bond donors (Lipinski definition) is 2. The summed E-state index contributed by atoms with van der Waals surface area (Å²) in [4.78, 5) is 12.1. The zero-order valence-corrected chi connectivity index (χ0v) is 22.7. The van der Waals surface area contributed by atoms with Crippen LogP contribution in [0.4, 0.5) is 0 Å². The van der Waals surface area contributed by atoms with Crippen LogP contribution in [0.2, 0.25) is 0 Å². The lowest BCUT2D eigenvalue weighted by Crippen LogP contribution is -2.41. The van der Waals surface area contributed by atoms with Gasteiger partial charge >= 0.3 is 0 Å². The van der Waals surface area contributed by atoms with Gasteiger partial charge in [0.25, 0.3) is 0 Å². The Morgan fingerprint density at radius 2 is 1.38 bits per heavy atom. The summed E-state index contributed by atoms with van der Waals surface area (Å²) in [6, 6.07) is 10.6. The van der Waals surface area contributed by atoms with Crippen molar-refractivity contribution in [3.05, 3.63) is 35.9 Å². The van der Waals surface area contributed by atoms with Crippen LogP contribution in [0.3, 0.4) is 0 Å². The maximum Gasteiger partial charge on any atom is 0.219 e. The smallest absolute Gasteiger partial charge is 0.219 e. The third kappa shape index (κ3) is 18.0. The van der Waals surface area contributed by atoms with Gasteiger partial charge in [-0.05, 0) is 19.3 Å². The molecular weight excluding hydrogens is 420 g/mol. The highest BCUT2D eigenvalue weighted by Gasteiger charge is 2.15. The molecule has 1 amide bonds. The van der Waals surface area contributed by atoms with Gasteiger partial charge in [-0.3, -0.25) is 4.79 Å². The number of hydrogen-bond acceptors (Lipinski definition) is 2. The Hall–Kier alpha value is -1.39. The minimum atomic E-state index is -0.0807. The third-order valence-electron chi connectivity index (χ3n) is 6.80. The summed E-state index contributed by atoms with van der Waals surface area (Å²) in [5, 5.41) is 13.1.